The minimum atomic E-state index is -0.0895. The highest BCUT2D eigenvalue weighted by atomic mass is 16.5. The van der Waals surface area contributed by atoms with E-state index in [0.717, 1.165) is 49.2 Å². The zero-order chi connectivity index (χ0) is 18.1. The number of carbonyl (C=O) groups is 1. The summed E-state index contributed by atoms with van der Waals surface area (Å²) in [6.07, 6.45) is 7.90. The number of ether oxygens (including phenoxy) is 1. The van der Waals surface area contributed by atoms with Crippen molar-refractivity contribution >= 4 is 11.7 Å². The molecule has 0 aromatic carbocycles. The highest BCUT2D eigenvalue weighted by Gasteiger charge is 2.33. The molecule has 0 unspecified atom stereocenters. The lowest BCUT2D eigenvalue weighted by molar-refractivity contribution is 0.0760. The van der Waals surface area contributed by atoms with Crippen molar-refractivity contribution in [3.8, 4) is 5.88 Å². The maximum Gasteiger partial charge on any atom is 0.276 e. The number of aromatic nitrogens is 3. The third-order valence-corrected chi connectivity index (χ3v) is 4.93. The van der Waals surface area contributed by atoms with Gasteiger partial charge in [0.15, 0.2) is 11.5 Å². The lowest BCUT2D eigenvalue weighted by atomic mass is 9.96. The number of aryl methyl sites for hydroxylation is 1. The van der Waals surface area contributed by atoms with Gasteiger partial charge in [-0.25, -0.2) is 0 Å². The summed E-state index contributed by atoms with van der Waals surface area (Å²) in [6, 6.07) is 0. The van der Waals surface area contributed by atoms with Crippen LogP contribution in [0.1, 0.15) is 41.1 Å². The van der Waals surface area contributed by atoms with E-state index in [2.05, 4.69) is 15.1 Å². The number of likely N-dealkylation sites (tertiary alicyclic amines) is 1. The van der Waals surface area contributed by atoms with Gasteiger partial charge in [0.1, 0.15) is 11.9 Å². The molecule has 1 fully saturated rings. The van der Waals surface area contributed by atoms with E-state index >= 15 is 0 Å². The van der Waals surface area contributed by atoms with Crippen LogP contribution in [-0.2, 0) is 12.8 Å². The molecule has 2 aromatic heterocycles. The third-order valence-electron chi connectivity index (χ3n) is 4.93. The molecule has 3 heterocycles. The van der Waals surface area contributed by atoms with Gasteiger partial charge in [0.2, 0.25) is 5.88 Å². The van der Waals surface area contributed by atoms with Crippen LogP contribution in [0.5, 0.6) is 5.88 Å². The number of carbonyl (C=O) groups excluding carboxylic acids is 1. The molecule has 2 aliphatic rings. The standard InChI is InChI=1S/C18H23N5O3/c1-22(2)15-9-19-10-16(20-15)25-12-7-8-23(11-12)18(24)17-13-5-3-4-6-14(13)26-21-17/h9-10,12H,3-8,11H2,1-2H3/t12-/m1/s1. The average molecular weight is 357 g/mol. The second-order valence-electron chi connectivity index (χ2n) is 7.03. The molecule has 0 N–H and O–H groups in total. The van der Waals surface area contributed by atoms with E-state index in [4.69, 9.17) is 9.26 Å². The van der Waals surface area contributed by atoms with Crippen LogP contribution in [0, 0.1) is 0 Å². The van der Waals surface area contributed by atoms with Crippen LogP contribution >= 0.6 is 0 Å². The zero-order valence-electron chi connectivity index (χ0n) is 15.1. The van der Waals surface area contributed by atoms with Gasteiger partial charge in [-0.1, -0.05) is 5.16 Å². The van der Waals surface area contributed by atoms with Gasteiger partial charge in [-0.2, -0.15) is 4.98 Å². The van der Waals surface area contributed by atoms with Crippen molar-refractivity contribution in [1.29, 1.82) is 0 Å². The van der Waals surface area contributed by atoms with Crippen molar-refractivity contribution in [1.82, 2.24) is 20.0 Å². The van der Waals surface area contributed by atoms with E-state index in [0.29, 0.717) is 24.7 Å². The molecule has 8 heteroatoms. The molecule has 0 bridgehead atoms. The second kappa shape index (κ2) is 6.93. The molecule has 2 aromatic rings. The van der Waals surface area contributed by atoms with Crippen molar-refractivity contribution in [3.05, 3.63) is 29.4 Å². The number of hydrogen-bond acceptors (Lipinski definition) is 7. The van der Waals surface area contributed by atoms with Gasteiger partial charge in [0.25, 0.3) is 5.91 Å². The van der Waals surface area contributed by atoms with Gasteiger partial charge in [-0.05, 0) is 19.3 Å². The number of anilines is 1. The number of hydrogen-bond donors (Lipinski definition) is 0. The summed E-state index contributed by atoms with van der Waals surface area (Å²) < 4.78 is 11.3. The van der Waals surface area contributed by atoms with Gasteiger partial charge < -0.3 is 19.1 Å². The Labute approximate surface area is 152 Å². The predicted octanol–water partition coefficient (Wildman–Crippen LogP) is 1.70. The minimum Gasteiger partial charge on any atom is -0.471 e. The molecule has 8 nitrogen and oxygen atoms in total. The van der Waals surface area contributed by atoms with Crippen LogP contribution < -0.4 is 9.64 Å². The molecule has 1 amide bonds. The summed E-state index contributed by atoms with van der Waals surface area (Å²) in [6.45, 7) is 1.17. The fraction of sp³-hybridized carbons (Fsp3) is 0.556. The van der Waals surface area contributed by atoms with E-state index < -0.39 is 0 Å². The predicted molar refractivity (Wildman–Crippen MR) is 94.4 cm³/mol. The molecule has 0 radical (unpaired) electrons. The van der Waals surface area contributed by atoms with Gasteiger partial charge >= 0.3 is 0 Å². The summed E-state index contributed by atoms with van der Waals surface area (Å²) in [7, 11) is 3.81. The van der Waals surface area contributed by atoms with Crippen molar-refractivity contribution in [2.24, 2.45) is 0 Å². The van der Waals surface area contributed by atoms with E-state index in [9.17, 15) is 4.79 Å². The number of nitrogens with zero attached hydrogens (tertiary/aromatic N) is 5. The molecule has 1 aliphatic carbocycles. The van der Waals surface area contributed by atoms with Crippen LogP contribution in [-0.4, -0.2) is 59.2 Å². The second-order valence-corrected chi connectivity index (χ2v) is 7.03. The molecule has 0 saturated carbocycles. The Morgan fingerprint density at radius 3 is 3.00 bits per heavy atom. The van der Waals surface area contributed by atoms with Crippen LogP contribution in [0.2, 0.25) is 0 Å². The largest absolute Gasteiger partial charge is 0.471 e. The van der Waals surface area contributed by atoms with Gasteiger partial charge in [-0.15, -0.1) is 0 Å². The van der Waals surface area contributed by atoms with Crippen LogP contribution in [0.3, 0.4) is 0 Å². The Hall–Kier alpha value is -2.64. The third kappa shape index (κ3) is 3.23. The maximum absolute atomic E-state index is 12.8. The van der Waals surface area contributed by atoms with Gasteiger partial charge in [0.05, 0.1) is 18.9 Å². The highest BCUT2D eigenvalue weighted by molar-refractivity contribution is 5.94. The molecule has 1 atom stereocenters. The Morgan fingerprint density at radius 2 is 2.15 bits per heavy atom. The van der Waals surface area contributed by atoms with E-state index in [1.807, 2.05) is 19.0 Å². The SMILES string of the molecule is CN(C)c1cncc(O[C@@H]2CCN(C(=O)c3noc4c3CCCC4)C2)n1. The van der Waals surface area contributed by atoms with Crippen molar-refractivity contribution < 1.29 is 14.1 Å². The molecular weight excluding hydrogens is 334 g/mol. The van der Waals surface area contributed by atoms with Gasteiger partial charge in [0, 0.05) is 39.0 Å². The average Bonchev–Trinajstić information content (AvgIpc) is 3.28. The zero-order valence-corrected chi connectivity index (χ0v) is 15.1. The molecular formula is C18H23N5O3. The molecule has 26 heavy (non-hydrogen) atoms. The Morgan fingerprint density at radius 1 is 1.31 bits per heavy atom. The molecule has 1 saturated heterocycles. The topological polar surface area (TPSA) is 84.6 Å². The van der Waals surface area contributed by atoms with E-state index in [-0.39, 0.29) is 12.0 Å². The lowest BCUT2D eigenvalue weighted by Crippen LogP contribution is -2.32. The van der Waals surface area contributed by atoms with E-state index in [1.165, 1.54) is 0 Å². The molecule has 0 spiro atoms. The maximum atomic E-state index is 12.8. The quantitative estimate of drug-likeness (QED) is 0.823. The Balaban J connectivity index is 1.41. The first-order valence-electron chi connectivity index (χ1n) is 9.04. The van der Waals surface area contributed by atoms with Crippen LogP contribution in [0.25, 0.3) is 0 Å². The Bertz CT molecular complexity index is 804. The van der Waals surface area contributed by atoms with Crippen LogP contribution in [0.4, 0.5) is 5.82 Å². The normalized spacial score (nSPS) is 19.3. The van der Waals surface area contributed by atoms with Gasteiger partial charge in [-0.3, -0.25) is 9.78 Å². The number of rotatable bonds is 4. The fourth-order valence-electron chi connectivity index (χ4n) is 3.49. The first-order valence-corrected chi connectivity index (χ1v) is 9.04. The molecule has 1 aliphatic heterocycles. The highest BCUT2D eigenvalue weighted by Crippen LogP contribution is 2.26. The first-order chi connectivity index (χ1) is 12.6. The monoisotopic (exact) mass is 357 g/mol. The molecule has 4 rings (SSSR count). The smallest absolute Gasteiger partial charge is 0.276 e. The summed E-state index contributed by atoms with van der Waals surface area (Å²) >= 11 is 0. The van der Waals surface area contributed by atoms with Crippen molar-refractivity contribution in [3.63, 3.8) is 0 Å². The lowest BCUT2D eigenvalue weighted by Gasteiger charge is -2.17. The number of fused-ring (bicyclic) bond motifs is 1. The summed E-state index contributed by atoms with van der Waals surface area (Å²) in [5.41, 5.74) is 1.48. The Kier molecular flexibility index (Phi) is 4.48. The molecule has 138 valence electrons. The summed E-state index contributed by atoms with van der Waals surface area (Å²) in [4.78, 5) is 25.1. The van der Waals surface area contributed by atoms with Crippen molar-refractivity contribution in [2.45, 2.75) is 38.2 Å². The van der Waals surface area contributed by atoms with E-state index in [1.54, 1.807) is 17.3 Å². The minimum absolute atomic E-state index is 0.0591. The summed E-state index contributed by atoms with van der Waals surface area (Å²) in [5, 5.41) is 4.05. The number of amides is 1. The summed E-state index contributed by atoms with van der Waals surface area (Å²) in [5.74, 6) is 2.04. The van der Waals surface area contributed by atoms with Crippen LogP contribution in [0.15, 0.2) is 16.9 Å². The first kappa shape index (κ1) is 16.8. The van der Waals surface area contributed by atoms with Crippen molar-refractivity contribution in [2.75, 3.05) is 32.1 Å². The fourth-order valence-corrected chi connectivity index (χ4v) is 3.49.